The summed E-state index contributed by atoms with van der Waals surface area (Å²) in [6, 6.07) is 8.00. The van der Waals surface area contributed by atoms with Gasteiger partial charge in [0.2, 0.25) is 0 Å². The van der Waals surface area contributed by atoms with E-state index in [9.17, 15) is 0 Å². The van der Waals surface area contributed by atoms with Crippen molar-refractivity contribution in [1.82, 2.24) is 4.98 Å². The lowest BCUT2D eigenvalue weighted by molar-refractivity contribution is -0.0915. The minimum atomic E-state index is -0.0366. The van der Waals surface area contributed by atoms with Crippen LogP contribution in [0.4, 0.5) is 10.8 Å². The minimum absolute atomic E-state index is 0.0366. The molecule has 1 unspecified atom stereocenters. The van der Waals surface area contributed by atoms with Gasteiger partial charge in [-0.05, 0) is 24.3 Å². The molecule has 1 aliphatic heterocycles. The van der Waals surface area contributed by atoms with E-state index in [0.717, 1.165) is 21.0 Å². The summed E-state index contributed by atoms with van der Waals surface area (Å²) in [5, 5.41) is 6.16. The fraction of sp³-hybridized carbons (Fsp3) is 0.308. The summed E-state index contributed by atoms with van der Waals surface area (Å²) in [5.41, 5.74) is 1.95. The summed E-state index contributed by atoms with van der Waals surface area (Å²) < 4.78 is 12.1. The number of hydrogen-bond acceptors (Lipinski definition) is 5. The zero-order valence-corrected chi connectivity index (χ0v) is 12.5. The number of thiazole rings is 1. The van der Waals surface area contributed by atoms with Gasteiger partial charge in [0.15, 0.2) is 5.13 Å². The molecule has 4 nitrogen and oxygen atoms in total. The van der Waals surface area contributed by atoms with Crippen molar-refractivity contribution in [3.8, 4) is 0 Å². The Morgan fingerprint density at radius 3 is 2.84 bits per heavy atom. The van der Waals surface area contributed by atoms with Gasteiger partial charge in [0.05, 0.1) is 25.5 Å². The van der Waals surface area contributed by atoms with Crippen LogP contribution < -0.4 is 5.32 Å². The fourth-order valence-corrected chi connectivity index (χ4v) is 2.84. The van der Waals surface area contributed by atoms with Crippen LogP contribution in [0.25, 0.3) is 0 Å². The highest BCUT2D eigenvalue weighted by Gasteiger charge is 2.19. The molecule has 1 aromatic carbocycles. The molecular formula is C13H13BrN2O2S. The van der Waals surface area contributed by atoms with E-state index < -0.39 is 0 Å². The Morgan fingerprint density at radius 1 is 1.26 bits per heavy atom. The summed E-state index contributed by atoms with van der Waals surface area (Å²) in [4.78, 5) is 4.54. The fourth-order valence-electron chi connectivity index (χ4n) is 1.81. The van der Waals surface area contributed by atoms with Crippen LogP contribution in [0.1, 0.15) is 11.8 Å². The van der Waals surface area contributed by atoms with Crippen LogP contribution in [-0.2, 0) is 9.47 Å². The number of nitrogens with zero attached hydrogens (tertiary/aromatic N) is 1. The molecular weight excluding hydrogens is 328 g/mol. The van der Waals surface area contributed by atoms with Gasteiger partial charge < -0.3 is 14.8 Å². The van der Waals surface area contributed by atoms with Gasteiger partial charge in [0.25, 0.3) is 0 Å². The second-order valence-corrected chi connectivity index (χ2v) is 5.92. The molecule has 100 valence electrons. The number of rotatable bonds is 3. The monoisotopic (exact) mass is 340 g/mol. The van der Waals surface area contributed by atoms with Gasteiger partial charge in [0.1, 0.15) is 6.10 Å². The lowest BCUT2D eigenvalue weighted by Gasteiger charge is -2.21. The van der Waals surface area contributed by atoms with Crippen molar-refractivity contribution in [2.75, 3.05) is 25.1 Å². The Morgan fingerprint density at radius 2 is 2.11 bits per heavy atom. The lowest BCUT2D eigenvalue weighted by atomic mass is 10.3. The molecule has 6 heteroatoms. The average molecular weight is 341 g/mol. The van der Waals surface area contributed by atoms with Crippen LogP contribution in [0.2, 0.25) is 0 Å². The van der Waals surface area contributed by atoms with E-state index in [4.69, 9.17) is 9.47 Å². The third-order valence-corrected chi connectivity index (χ3v) is 4.07. The molecule has 0 bridgehead atoms. The maximum absolute atomic E-state index is 5.63. The van der Waals surface area contributed by atoms with Crippen molar-refractivity contribution in [3.63, 3.8) is 0 Å². The Bertz CT molecular complexity index is 538. The molecule has 3 rings (SSSR count). The van der Waals surface area contributed by atoms with Crippen LogP contribution in [0.5, 0.6) is 0 Å². The Balaban J connectivity index is 1.68. The summed E-state index contributed by atoms with van der Waals surface area (Å²) in [6.45, 7) is 1.89. The predicted molar refractivity (Wildman–Crippen MR) is 79.1 cm³/mol. The van der Waals surface area contributed by atoms with Crippen molar-refractivity contribution in [2.45, 2.75) is 6.10 Å². The molecule has 1 fully saturated rings. The molecule has 0 spiro atoms. The largest absolute Gasteiger partial charge is 0.376 e. The molecule has 19 heavy (non-hydrogen) atoms. The zero-order chi connectivity index (χ0) is 13.1. The number of aromatic nitrogens is 1. The van der Waals surface area contributed by atoms with Crippen LogP contribution in [0.15, 0.2) is 34.1 Å². The average Bonchev–Trinajstić information content (AvgIpc) is 2.91. The zero-order valence-electron chi connectivity index (χ0n) is 10.1. The van der Waals surface area contributed by atoms with Gasteiger partial charge in [-0.2, -0.15) is 0 Å². The van der Waals surface area contributed by atoms with Crippen molar-refractivity contribution in [3.05, 3.63) is 39.8 Å². The van der Waals surface area contributed by atoms with E-state index in [1.165, 1.54) is 0 Å². The van der Waals surface area contributed by atoms with Crippen LogP contribution in [-0.4, -0.2) is 24.8 Å². The highest BCUT2D eigenvalue weighted by molar-refractivity contribution is 9.10. The lowest BCUT2D eigenvalue weighted by Crippen LogP contribution is -2.22. The molecule has 0 saturated carbocycles. The maximum Gasteiger partial charge on any atom is 0.187 e. The first-order valence-corrected chi connectivity index (χ1v) is 7.66. The molecule has 1 aromatic heterocycles. The number of anilines is 2. The van der Waals surface area contributed by atoms with Gasteiger partial charge in [-0.3, -0.25) is 0 Å². The molecule has 0 radical (unpaired) electrons. The molecule has 2 heterocycles. The minimum Gasteiger partial charge on any atom is -0.376 e. The van der Waals surface area contributed by atoms with Gasteiger partial charge in [-0.25, -0.2) is 4.98 Å². The van der Waals surface area contributed by atoms with Crippen molar-refractivity contribution < 1.29 is 9.47 Å². The smallest absolute Gasteiger partial charge is 0.187 e. The van der Waals surface area contributed by atoms with E-state index >= 15 is 0 Å². The topological polar surface area (TPSA) is 43.4 Å². The number of halogens is 1. The van der Waals surface area contributed by atoms with Gasteiger partial charge >= 0.3 is 0 Å². The first-order chi connectivity index (χ1) is 9.31. The van der Waals surface area contributed by atoms with Crippen LogP contribution in [0.3, 0.4) is 0 Å². The van der Waals surface area contributed by atoms with E-state index in [-0.39, 0.29) is 6.10 Å². The second kappa shape index (κ2) is 6.00. The summed E-state index contributed by atoms with van der Waals surface area (Å²) >= 11 is 4.99. The normalized spacial score (nSPS) is 19.3. The third-order valence-electron chi connectivity index (χ3n) is 2.76. The van der Waals surface area contributed by atoms with Crippen molar-refractivity contribution >= 4 is 38.1 Å². The number of benzene rings is 1. The first-order valence-electron chi connectivity index (χ1n) is 5.98. The number of nitrogens with one attached hydrogen (secondary N) is 1. The SMILES string of the molecule is Brc1ccc(Nc2nc(C3COCCO3)cs2)cc1. The van der Waals surface area contributed by atoms with E-state index in [1.54, 1.807) is 11.3 Å². The van der Waals surface area contributed by atoms with Crippen molar-refractivity contribution in [2.24, 2.45) is 0 Å². The number of ether oxygens (including phenoxy) is 2. The van der Waals surface area contributed by atoms with E-state index in [2.05, 4.69) is 26.2 Å². The predicted octanol–water partition coefficient (Wildman–Crippen LogP) is 3.74. The van der Waals surface area contributed by atoms with Gasteiger partial charge in [0, 0.05) is 15.5 Å². The highest BCUT2D eigenvalue weighted by atomic mass is 79.9. The first kappa shape index (κ1) is 13.1. The summed E-state index contributed by atoms with van der Waals surface area (Å²) in [5.74, 6) is 0. The summed E-state index contributed by atoms with van der Waals surface area (Å²) in [6.07, 6.45) is -0.0366. The van der Waals surface area contributed by atoms with E-state index in [0.29, 0.717) is 19.8 Å². The quantitative estimate of drug-likeness (QED) is 0.924. The highest BCUT2D eigenvalue weighted by Crippen LogP contribution is 2.27. The van der Waals surface area contributed by atoms with Crippen molar-refractivity contribution in [1.29, 1.82) is 0 Å². The number of hydrogen-bond donors (Lipinski definition) is 1. The van der Waals surface area contributed by atoms with E-state index in [1.807, 2.05) is 29.6 Å². The van der Waals surface area contributed by atoms with Crippen LogP contribution in [0, 0.1) is 0 Å². The standard InChI is InChI=1S/C13H13BrN2O2S/c14-9-1-3-10(4-2-9)15-13-16-11(8-19-13)12-7-17-5-6-18-12/h1-4,8,12H,5-7H2,(H,15,16). The second-order valence-electron chi connectivity index (χ2n) is 4.14. The molecule has 1 N–H and O–H groups in total. The van der Waals surface area contributed by atoms with Gasteiger partial charge in [-0.15, -0.1) is 11.3 Å². The molecule has 1 saturated heterocycles. The molecule has 1 aliphatic rings. The molecule has 1 atom stereocenters. The van der Waals surface area contributed by atoms with Gasteiger partial charge in [-0.1, -0.05) is 15.9 Å². The Kier molecular flexibility index (Phi) is 4.12. The molecule has 0 amide bonds. The molecule has 2 aromatic rings. The maximum atomic E-state index is 5.63. The summed E-state index contributed by atoms with van der Waals surface area (Å²) in [7, 11) is 0. The van der Waals surface area contributed by atoms with Crippen LogP contribution >= 0.6 is 27.3 Å². The molecule has 0 aliphatic carbocycles. The Labute approximate surface area is 123 Å². The Hall–Kier alpha value is -0.950. The third kappa shape index (κ3) is 3.33.